The van der Waals surface area contributed by atoms with Gasteiger partial charge in [0.15, 0.2) is 0 Å². The Balaban J connectivity index is 3.38. The molecule has 11 heteroatoms. The number of esters is 1. The van der Waals surface area contributed by atoms with Crippen molar-refractivity contribution in [1.29, 1.82) is 0 Å². The molecule has 1 heterocycles. The van der Waals surface area contributed by atoms with Gasteiger partial charge in [0.05, 0.1) is 36.8 Å². The van der Waals surface area contributed by atoms with E-state index in [0.717, 1.165) is 13.3 Å². The lowest BCUT2D eigenvalue weighted by Crippen LogP contribution is -2.20. The van der Waals surface area contributed by atoms with Crippen LogP contribution in [0, 0.1) is 10.1 Å². The van der Waals surface area contributed by atoms with Gasteiger partial charge in [-0.3, -0.25) is 14.9 Å². The minimum absolute atomic E-state index is 0.00589. The molecule has 0 saturated heterocycles. The van der Waals surface area contributed by atoms with E-state index >= 15 is 0 Å². The summed E-state index contributed by atoms with van der Waals surface area (Å²) >= 11 is 0. The first kappa shape index (κ1) is 17.5. The number of rotatable bonds is 6. The van der Waals surface area contributed by atoms with Crippen molar-refractivity contribution in [3.05, 3.63) is 21.9 Å². The summed E-state index contributed by atoms with van der Waals surface area (Å²) in [5, 5.41) is 11.0. The molecule has 1 rings (SSSR count). The summed E-state index contributed by atoms with van der Waals surface area (Å²) in [5.74, 6) is -2.38. The van der Waals surface area contributed by atoms with Gasteiger partial charge in [0, 0.05) is 0 Å². The van der Waals surface area contributed by atoms with Gasteiger partial charge in [-0.15, -0.1) is 13.2 Å². The van der Waals surface area contributed by atoms with Crippen LogP contribution in [0.3, 0.4) is 0 Å². The zero-order valence-corrected chi connectivity index (χ0v) is 11.5. The quantitative estimate of drug-likeness (QED) is 0.448. The maximum atomic E-state index is 12.3. The molecule has 0 aromatic carbocycles. The van der Waals surface area contributed by atoms with E-state index in [9.17, 15) is 28.1 Å². The Morgan fingerprint density at radius 2 is 2.09 bits per heavy atom. The van der Waals surface area contributed by atoms with Gasteiger partial charge in [-0.25, -0.2) is 4.98 Å². The summed E-state index contributed by atoms with van der Waals surface area (Å²) in [6.45, 7) is 1.51. The second-order valence-corrected chi connectivity index (χ2v) is 3.75. The van der Waals surface area contributed by atoms with E-state index < -0.39 is 40.8 Å². The number of hydrogen-bond donors (Lipinski definition) is 0. The summed E-state index contributed by atoms with van der Waals surface area (Å²) in [6, 6.07) is 0. The predicted octanol–water partition coefficient (Wildman–Crippen LogP) is 2.00. The number of nitrogens with zero attached hydrogens (tertiary/aromatic N) is 2. The van der Waals surface area contributed by atoms with Gasteiger partial charge in [0.25, 0.3) is 0 Å². The minimum atomic E-state index is -5.17. The third-order valence-electron chi connectivity index (χ3n) is 2.33. The highest BCUT2D eigenvalue weighted by atomic mass is 19.4. The molecule has 8 nitrogen and oxygen atoms in total. The molecule has 0 fully saturated rings. The van der Waals surface area contributed by atoms with Crippen LogP contribution in [0.5, 0.6) is 11.6 Å². The lowest BCUT2D eigenvalue weighted by Gasteiger charge is -2.12. The Kier molecular flexibility index (Phi) is 5.49. The molecule has 0 atom stereocenters. The molecule has 22 heavy (non-hydrogen) atoms. The van der Waals surface area contributed by atoms with Crippen LogP contribution in [0.25, 0.3) is 0 Å². The van der Waals surface area contributed by atoms with Crippen molar-refractivity contribution in [1.82, 2.24) is 4.98 Å². The fourth-order valence-corrected chi connectivity index (χ4v) is 1.58. The second-order valence-electron chi connectivity index (χ2n) is 3.75. The van der Waals surface area contributed by atoms with Gasteiger partial charge in [-0.1, -0.05) is 0 Å². The van der Waals surface area contributed by atoms with E-state index in [4.69, 9.17) is 4.74 Å². The molecule has 0 radical (unpaired) electrons. The first-order valence-electron chi connectivity index (χ1n) is 5.81. The SMILES string of the molecule is CCOC(=O)Cc1c(OC)cnc(OC(F)(F)F)c1[N+](=O)[O-]. The van der Waals surface area contributed by atoms with Crippen LogP contribution >= 0.6 is 0 Å². The molecule has 0 spiro atoms. The summed E-state index contributed by atoms with van der Waals surface area (Å²) in [6.07, 6.45) is -5.04. The Morgan fingerprint density at radius 3 is 2.55 bits per heavy atom. The lowest BCUT2D eigenvalue weighted by atomic mass is 10.1. The Labute approximate surface area is 121 Å². The molecule has 0 aliphatic carbocycles. The van der Waals surface area contributed by atoms with Gasteiger partial charge in [0.1, 0.15) is 5.75 Å². The molecule has 0 aliphatic rings. The molecule has 1 aromatic heterocycles. The highest BCUT2D eigenvalue weighted by molar-refractivity contribution is 5.76. The molecular weight excluding hydrogens is 313 g/mol. The van der Waals surface area contributed by atoms with Crippen LogP contribution < -0.4 is 9.47 Å². The van der Waals surface area contributed by atoms with Crippen LogP contribution in [-0.4, -0.2) is 36.0 Å². The molecule has 0 N–H and O–H groups in total. The minimum Gasteiger partial charge on any atom is -0.495 e. The van der Waals surface area contributed by atoms with Crippen LogP contribution in [0.2, 0.25) is 0 Å². The summed E-state index contributed by atoms with van der Waals surface area (Å²) < 4.78 is 49.7. The Bertz CT molecular complexity index is 576. The molecule has 0 aliphatic heterocycles. The number of carbonyl (C=O) groups excluding carboxylic acids is 1. The highest BCUT2D eigenvalue weighted by Gasteiger charge is 2.38. The van der Waals surface area contributed by atoms with E-state index in [-0.39, 0.29) is 12.4 Å². The number of nitro groups is 1. The number of hydrogen-bond acceptors (Lipinski definition) is 7. The van der Waals surface area contributed by atoms with E-state index in [1.165, 1.54) is 6.92 Å². The molecule has 0 saturated carbocycles. The number of pyridine rings is 1. The zero-order chi connectivity index (χ0) is 16.9. The topological polar surface area (TPSA) is 101 Å². The molecular formula is C11H11F3N2O6. The Hall–Kier alpha value is -2.59. The summed E-state index contributed by atoms with van der Waals surface area (Å²) in [5.41, 5.74) is -1.52. The summed E-state index contributed by atoms with van der Waals surface area (Å²) in [7, 11) is 1.12. The third kappa shape index (κ3) is 4.46. The lowest BCUT2D eigenvalue weighted by molar-refractivity contribution is -0.390. The first-order chi connectivity index (χ1) is 10.2. The number of alkyl halides is 3. The molecule has 1 aromatic rings. The average molecular weight is 324 g/mol. The largest absolute Gasteiger partial charge is 0.574 e. The van der Waals surface area contributed by atoms with Crippen molar-refractivity contribution in [2.75, 3.05) is 13.7 Å². The fourth-order valence-electron chi connectivity index (χ4n) is 1.58. The highest BCUT2D eigenvalue weighted by Crippen LogP contribution is 2.37. The monoisotopic (exact) mass is 324 g/mol. The Morgan fingerprint density at radius 1 is 1.45 bits per heavy atom. The van der Waals surface area contributed by atoms with Gasteiger partial charge >= 0.3 is 23.9 Å². The van der Waals surface area contributed by atoms with Crippen molar-refractivity contribution in [3.63, 3.8) is 0 Å². The van der Waals surface area contributed by atoms with E-state index in [2.05, 4.69) is 14.5 Å². The van der Waals surface area contributed by atoms with Crippen LogP contribution in [0.1, 0.15) is 12.5 Å². The third-order valence-corrected chi connectivity index (χ3v) is 2.33. The van der Waals surface area contributed by atoms with Gasteiger partial charge in [-0.05, 0) is 6.92 Å². The van der Waals surface area contributed by atoms with Crippen molar-refractivity contribution >= 4 is 11.7 Å². The van der Waals surface area contributed by atoms with Crippen molar-refractivity contribution < 1.29 is 37.1 Å². The summed E-state index contributed by atoms with van der Waals surface area (Å²) in [4.78, 5) is 24.6. The maximum Gasteiger partial charge on any atom is 0.574 e. The van der Waals surface area contributed by atoms with Crippen LogP contribution in [0.4, 0.5) is 18.9 Å². The van der Waals surface area contributed by atoms with Gasteiger partial charge in [0.2, 0.25) is 0 Å². The second kappa shape index (κ2) is 6.91. The first-order valence-corrected chi connectivity index (χ1v) is 5.81. The fraction of sp³-hybridized carbons (Fsp3) is 0.455. The van der Waals surface area contributed by atoms with Crippen LogP contribution in [-0.2, 0) is 16.0 Å². The van der Waals surface area contributed by atoms with Crippen molar-refractivity contribution in [2.45, 2.75) is 19.7 Å². The van der Waals surface area contributed by atoms with E-state index in [1.54, 1.807) is 0 Å². The van der Waals surface area contributed by atoms with Crippen molar-refractivity contribution in [3.8, 4) is 11.6 Å². The number of halogens is 3. The number of carbonyl (C=O) groups is 1. The number of ether oxygens (including phenoxy) is 3. The van der Waals surface area contributed by atoms with Crippen molar-refractivity contribution in [2.24, 2.45) is 0 Å². The van der Waals surface area contributed by atoms with Crippen LogP contribution in [0.15, 0.2) is 6.20 Å². The average Bonchev–Trinajstić information content (AvgIpc) is 2.37. The normalized spacial score (nSPS) is 11.0. The van der Waals surface area contributed by atoms with E-state index in [0.29, 0.717) is 0 Å². The standard InChI is InChI=1S/C11H11F3N2O6/c1-3-21-8(17)4-6-7(20-2)5-15-10(9(6)16(18)19)22-11(12,13)14/h5H,3-4H2,1-2H3. The molecule has 122 valence electrons. The maximum absolute atomic E-state index is 12.3. The molecule has 0 amide bonds. The smallest absolute Gasteiger partial charge is 0.495 e. The number of aromatic nitrogens is 1. The predicted molar refractivity (Wildman–Crippen MR) is 64.5 cm³/mol. The van der Waals surface area contributed by atoms with E-state index in [1.807, 2.05) is 0 Å². The number of methoxy groups -OCH3 is 1. The molecule has 0 unspecified atom stereocenters. The van der Waals surface area contributed by atoms with Gasteiger partial charge < -0.3 is 14.2 Å². The zero-order valence-electron chi connectivity index (χ0n) is 11.5. The van der Waals surface area contributed by atoms with Gasteiger partial charge in [-0.2, -0.15) is 0 Å². The molecule has 0 bridgehead atoms.